The van der Waals surface area contributed by atoms with Crippen LogP contribution in [0.4, 0.5) is 0 Å². The van der Waals surface area contributed by atoms with Crippen molar-refractivity contribution >= 4 is 39.5 Å². The minimum Gasteiger partial charge on any atom is -0.496 e. The fraction of sp³-hybridized carbons (Fsp3) is 0.375. The summed E-state index contributed by atoms with van der Waals surface area (Å²) in [5.41, 5.74) is 1.47. The molecule has 1 heterocycles. The maximum atomic E-state index is 13.3. The number of rotatable bonds is 5. The molecule has 6 nitrogen and oxygen atoms in total. The summed E-state index contributed by atoms with van der Waals surface area (Å²) in [6.07, 6.45) is 14.2. The number of carbonyl (C=O) groups excluding carboxylic acids is 2. The van der Waals surface area contributed by atoms with Crippen LogP contribution < -0.4 is 10.1 Å². The fourth-order valence-electron chi connectivity index (χ4n) is 4.14. The molecule has 1 fully saturated rings. The van der Waals surface area contributed by atoms with E-state index >= 15 is 0 Å². The van der Waals surface area contributed by atoms with Crippen LogP contribution in [0.3, 0.4) is 0 Å². The molecular weight excluding hydrogens is 460 g/mol. The highest BCUT2D eigenvalue weighted by molar-refractivity contribution is 9.10. The molecule has 1 aromatic rings. The van der Waals surface area contributed by atoms with Gasteiger partial charge in [0.15, 0.2) is 0 Å². The second kappa shape index (κ2) is 9.64. The van der Waals surface area contributed by atoms with Crippen LogP contribution in [-0.2, 0) is 14.3 Å². The van der Waals surface area contributed by atoms with E-state index in [9.17, 15) is 9.59 Å². The summed E-state index contributed by atoms with van der Waals surface area (Å²) in [7, 11) is 1.60. The van der Waals surface area contributed by atoms with Gasteiger partial charge in [-0.05, 0) is 58.6 Å². The van der Waals surface area contributed by atoms with Crippen molar-refractivity contribution in [2.75, 3.05) is 13.7 Å². The maximum absolute atomic E-state index is 13.3. The standard InChI is InChI=1S/C24H25BrN2O4/c1-30-20-12-11-16(13-18(20)25)14-22-24(29)27(19-9-5-6-10-21(19)31-22)15-23(28)26-17-7-3-2-4-8-17/h5-6,9-14,17,21H,2-4,7-8,15H2,1H3/p+1/b22-14-. The van der Waals surface area contributed by atoms with Gasteiger partial charge < -0.3 is 14.8 Å². The lowest BCUT2D eigenvalue weighted by Gasteiger charge is -2.24. The molecule has 0 aromatic heterocycles. The van der Waals surface area contributed by atoms with E-state index in [4.69, 9.17) is 9.47 Å². The summed E-state index contributed by atoms with van der Waals surface area (Å²) < 4.78 is 13.6. The summed E-state index contributed by atoms with van der Waals surface area (Å²) in [6.45, 7) is -0.0215. The highest BCUT2D eigenvalue weighted by Gasteiger charge is 2.40. The van der Waals surface area contributed by atoms with Crippen LogP contribution in [-0.4, -0.2) is 47.9 Å². The number of fused-ring (bicyclic) bond motifs is 1. The van der Waals surface area contributed by atoms with Crippen LogP contribution >= 0.6 is 15.9 Å². The number of halogens is 1. The van der Waals surface area contributed by atoms with Gasteiger partial charge in [0, 0.05) is 12.1 Å². The van der Waals surface area contributed by atoms with E-state index in [0.29, 0.717) is 11.5 Å². The van der Waals surface area contributed by atoms with E-state index in [-0.39, 0.29) is 30.2 Å². The number of nitrogens with one attached hydrogen (secondary N) is 1. The number of amides is 2. The van der Waals surface area contributed by atoms with Gasteiger partial charge in [0.05, 0.1) is 11.6 Å². The quantitative estimate of drug-likeness (QED) is 0.509. The lowest BCUT2D eigenvalue weighted by atomic mass is 9.95. The topological polar surface area (TPSA) is 67.6 Å². The predicted molar refractivity (Wildman–Crippen MR) is 122 cm³/mol. The normalized spacial score (nSPS) is 22.3. The van der Waals surface area contributed by atoms with Crippen LogP contribution in [0.1, 0.15) is 37.7 Å². The van der Waals surface area contributed by atoms with Crippen molar-refractivity contribution in [1.82, 2.24) is 5.32 Å². The van der Waals surface area contributed by atoms with Crippen LogP contribution in [0.15, 0.2) is 52.7 Å². The molecule has 31 heavy (non-hydrogen) atoms. The van der Waals surface area contributed by atoms with Gasteiger partial charge in [0.1, 0.15) is 5.75 Å². The number of nitrogens with zero attached hydrogens (tertiary/aromatic N) is 1. The largest absolute Gasteiger partial charge is 0.496 e. The van der Waals surface area contributed by atoms with E-state index in [1.54, 1.807) is 13.2 Å². The first-order valence-corrected chi connectivity index (χ1v) is 11.4. The molecule has 1 aliphatic heterocycles. The third-order valence-electron chi connectivity index (χ3n) is 5.72. The lowest BCUT2D eigenvalue weighted by molar-refractivity contribution is -0.443. The van der Waals surface area contributed by atoms with Crippen molar-refractivity contribution in [3.8, 4) is 5.75 Å². The average Bonchev–Trinajstić information content (AvgIpc) is 2.77. The monoisotopic (exact) mass is 485 g/mol. The Hall–Kier alpha value is -2.67. The molecule has 0 spiro atoms. The summed E-state index contributed by atoms with van der Waals surface area (Å²) in [6, 6.07) is 5.73. The van der Waals surface area contributed by atoms with Gasteiger partial charge in [-0.1, -0.05) is 37.5 Å². The Bertz CT molecular complexity index is 1000. The zero-order chi connectivity index (χ0) is 21.8. The number of ether oxygens (including phenoxy) is 2. The number of hydrogen-bond acceptors (Lipinski definition) is 4. The minimum absolute atomic E-state index is 0.0215. The molecule has 0 saturated heterocycles. The molecule has 1 saturated carbocycles. The van der Waals surface area contributed by atoms with Gasteiger partial charge in [0.25, 0.3) is 5.91 Å². The molecule has 1 atom stereocenters. The zero-order valence-corrected chi connectivity index (χ0v) is 19.1. The number of benzene rings is 1. The second-order valence-corrected chi connectivity index (χ2v) is 8.76. The number of allylic oxidation sites excluding steroid dienone is 2. The number of methoxy groups -OCH3 is 1. The molecule has 4 rings (SSSR count). The number of carbonyl (C=O) groups is 2. The zero-order valence-electron chi connectivity index (χ0n) is 17.5. The van der Waals surface area contributed by atoms with E-state index in [1.165, 1.54) is 11.0 Å². The van der Waals surface area contributed by atoms with E-state index < -0.39 is 6.10 Å². The molecule has 1 N–H and O–H groups in total. The average molecular weight is 486 g/mol. The minimum atomic E-state index is -0.405. The third kappa shape index (κ3) is 4.98. The van der Waals surface area contributed by atoms with Gasteiger partial charge in [-0.15, -0.1) is 4.58 Å². The van der Waals surface area contributed by atoms with Gasteiger partial charge in [-0.25, -0.2) is 4.79 Å². The van der Waals surface area contributed by atoms with E-state index in [1.807, 2.05) is 42.5 Å². The lowest BCUT2D eigenvalue weighted by Crippen LogP contribution is -2.48. The molecule has 2 aliphatic carbocycles. The van der Waals surface area contributed by atoms with Gasteiger partial charge in [0.2, 0.25) is 24.1 Å². The molecule has 0 radical (unpaired) electrons. The molecule has 2 amide bonds. The number of hydrogen-bond donors (Lipinski definition) is 1. The molecule has 1 aromatic carbocycles. The van der Waals surface area contributed by atoms with Crippen molar-refractivity contribution in [1.29, 1.82) is 0 Å². The molecule has 162 valence electrons. The summed E-state index contributed by atoms with van der Waals surface area (Å²) in [5, 5.41) is 3.10. The molecule has 7 heteroatoms. The van der Waals surface area contributed by atoms with Gasteiger partial charge in [-0.2, -0.15) is 0 Å². The van der Waals surface area contributed by atoms with E-state index in [0.717, 1.165) is 35.7 Å². The Labute approximate surface area is 190 Å². The van der Waals surface area contributed by atoms with Crippen molar-refractivity contribution in [3.05, 3.63) is 58.3 Å². The van der Waals surface area contributed by atoms with Gasteiger partial charge >= 0.3 is 5.91 Å². The fourth-order valence-corrected chi connectivity index (χ4v) is 4.70. The first-order chi connectivity index (χ1) is 15.0. The highest BCUT2D eigenvalue weighted by atomic mass is 79.9. The van der Waals surface area contributed by atoms with Crippen LogP contribution in [0, 0.1) is 0 Å². The SMILES string of the molecule is COc1ccc(/C=C2\OC3C=CC=CC3=[N+](CC(=O)NC3CCCCC3)C2=O)cc1Br. The van der Waals surface area contributed by atoms with Crippen molar-refractivity contribution in [2.24, 2.45) is 0 Å². The Balaban J connectivity index is 1.58. The van der Waals surface area contributed by atoms with Crippen LogP contribution in [0.5, 0.6) is 5.75 Å². The third-order valence-corrected chi connectivity index (χ3v) is 6.34. The van der Waals surface area contributed by atoms with Gasteiger partial charge in [-0.3, -0.25) is 4.79 Å². The highest BCUT2D eigenvalue weighted by Crippen LogP contribution is 2.28. The van der Waals surface area contributed by atoms with Crippen LogP contribution in [0.2, 0.25) is 0 Å². The smallest absolute Gasteiger partial charge is 0.455 e. The van der Waals surface area contributed by atoms with Crippen molar-refractivity contribution < 1.29 is 23.6 Å². The predicted octanol–water partition coefficient (Wildman–Crippen LogP) is 3.75. The molecule has 1 unspecified atom stereocenters. The Morgan fingerprint density at radius 2 is 2.10 bits per heavy atom. The summed E-state index contributed by atoms with van der Waals surface area (Å²) in [4.78, 5) is 26.0. The molecule has 3 aliphatic rings. The maximum Gasteiger partial charge on any atom is 0.455 e. The first-order valence-electron chi connectivity index (χ1n) is 10.6. The van der Waals surface area contributed by atoms with E-state index in [2.05, 4.69) is 21.2 Å². The van der Waals surface area contributed by atoms with Crippen molar-refractivity contribution in [2.45, 2.75) is 44.2 Å². The van der Waals surface area contributed by atoms with Crippen molar-refractivity contribution in [3.63, 3.8) is 0 Å². The Kier molecular flexibility index (Phi) is 6.70. The second-order valence-electron chi connectivity index (χ2n) is 7.90. The van der Waals surface area contributed by atoms with Crippen LogP contribution in [0.25, 0.3) is 6.08 Å². The summed E-state index contributed by atoms with van der Waals surface area (Å²) >= 11 is 3.47. The Morgan fingerprint density at radius 3 is 2.84 bits per heavy atom. The first kappa shape index (κ1) is 21.6. The molecule has 0 bridgehead atoms. The molecular formula is C24H26BrN2O4+. The Morgan fingerprint density at radius 1 is 1.29 bits per heavy atom. The summed E-state index contributed by atoms with van der Waals surface area (Å²) in [5.74, 6) is 0.450.